The standard InChI is InChI=1S/C19H29N3O3/c1-19(2,3)25-18(24)20-12-6-9-16(23)14-10-11-17(21-13-14)22-15-7-4-5-8-15/h10-11,13,15H,4-9,12H2,1-3H3,(H,20,24)(H,21,22). The van der Waals surface area contributed by atoms with Gasteiger partial charge >= 0.3 is 6.09 Å². The number of hydrogen-bond donors (Lipinski definition) is 2. The van der Waals surface area contributed by atoms with E-state index in [0.29, 0.717) is 31.0 Å². The zero-order valence-corrected chi connectivity index (χ0v) is 15.4. The van der Waals surface area contributed by atoms with Gasteiger partial charge in [-0.2, -0.15) is 0 Å². The number of rotatable bonds is 7. The summed E-state index contributed by atoms with van der Waals surface area (Å²) in [6.45, 7) is 5.85. The molecule has 0 spiro atoms. The summed E-state index contributed by atoms with van der Waals surface area (Å²) in [5.41, 5.74) is 0.0917. The number of anilines is 1. The first kappa shape index (κ1) is 19.2. The lowest BCUT2D eigenvalue weighted by atomic mass is 10.1. The third-order valence-corrected chi connectivity index (χ3v) is 4.04. The fourth-order valence-corrected chi connectivity index (χ4v) is 2.82. The number of pyridine rings is 1. The van der Waals surface area contributed by atoms with Crippen LogP contribution in [0, 0.1) is 0 Å². The molecule has 1 aliphatic rings. The average molecular weight is 347 g/mol. The first-order chi connectivity index (χ1) is 11.8. The van der Waals surface area contributed by atoms with Gasteiger partial charge in [-0.05, 0) is 52.2 Å². The lowest BCUT2D eigenvalue weighted by Crippen LogP contribution is -2.33. The van der Waals surface area contributed by atoms with Crippen LogP contribution < -0.4 is 10.6 Å². The molecule has 1 saturated carbocycles. The lowest BCUT2D eigenvalue weighted by molar-refractivity contribution is 0.0525. The number of Topliss-reactive ketones (excluding diaryl/α,β-unsaturated/α-hetero) is 1. The molecule has 2 rings (SSSR count). The van der Waals surface area contributed by atoms with Crippen molar-refractivity contribution in [2.45, 2.75) is 70.9 Å². The Balaban J connectivity index is 1.69. The van der Waals surface area contributed by atoms with Crippen LogP contribution in [-0.4, -0.2) is 35.0 Å². The van der Waals surface area contributed by atoms with E-state index in [4.69, 9.17) is 4.74 Å². The number of carbonyl (C=O) groups excluding carboxylic acids is 2. The molecule has 0 bridgehead atoms. The monoisotopic (exact) mass is 347 g/mol. The molecule has 6 nitrogen and oxygen atoms in total. The van der Waals surface area contributed by atoms with Crippen molar-refractivity contribution in [3.8, 4) is 0 Å². The Labute approximate surface area is 149 Å². The molecule has 138 valence electrons. The summed E-state index contributed by atoms with van der Waals surface area (Å²) in [5.74, 6) is 0.862. The van der Waals surface area contributed by atoms with Gasteiger partial charge in [-0.25, -0.2) is 9.78 Å². The smallest absolute Gasteiger partial charge is 0.407 e. The highest BCUT2D eigenvalue weighted by atomic mass is 16.6. The minimum absolute atomic E-state index is 0.0332. The Hall–Kier alpha value is -2.11. The molecule has 0 aromatic carbocycles. The Morgan fingerprint density at radius 2 is 1.96 bits per heavy atom. The van der Waals surface area contributed by atoms with Gasteiger partial charge in [0.15, 0.2) is 5.78 Å². The van der Waals surface area contributed by atoms with Crippen LogP contribution in [0.25, 0.3) is 0 Å². The van der Waals surface area contributed by atoms with E-state index in [1.807, 2.05) is 32.9 Å². The second kappa shape index (κ2) is 8.83. The highest BCUT2D eigenvalue weighted by molar-refractivity contribution is 5.95. The molecular weight excluding hydrogens is 318 g/mol. The van der Waals surface area contributed by atoms with E-state index in [1.54, 1.807) is 6.20 Å². The largest absolute Gasteiger partial charge is 0.444 e. The summed E-state index contributed by atoms with van der Waals surface area (Å²) in [7, 11) is 0. The summed E-state index contributed by atoms with van der Waals surface area (Å²) < 4.78 is 5.15. The van der Waals surface area contributed by atoms with Gasteiger partial charge in [0.25, 0.3) is 0 Å². The first-order valence-corrected chi connectivity index (χ1v) is 9.06. The minimum Gasteiger partial charge on any atom is -0.444 e. The van der Waals surface area contributed by atoms with Crippen molar-refractivity contribution in [3.05, 3.63) is 23.9 Å². The fourth-order valence-electron chi connectivity index (χ4n) is 2.82. The predicted octanol–water partition coefficient (Wildman–Crippen LogP) is 3.92. The van der Waals surface area contributed by atoms with Crippen LogP contribution in [-0.2, 0) is 4.74 Å². The van der Waals surface area contributed by atoms with Crippen molar-refractivity contribution in [1.82, 2.24) is 10.3 Å². The summed E-state index contributed by atoms with van der Waals surface area (Å²) in [6, 6.07) is 4.19. The number of ketones is 1. The number of hydrogen-bond acceptors (Lipinski definition) is 5. The van der Waals surface area contributed by atoms with E-state index in [2.05, 4.69) is 15.6 Å². The van der Waals surface area contributed by atoms with Crippen molar-refractivity contribution in [2.24, 2.45) is 0 Å². The van der Waals surface area contributed by atoms with Crippen molar-refractivity contribution in [2.75, 3.05) is 11.9 Å². The number of ether oxygens (including phenoxy) is 1. The van der Waals surface area contributed by atoms with Crippen LogP contribution in [0.1, 0.15) is 69.7 Å². The zero-order chi connectivity index (χ0) is 18.3. The summed E-state index contributed by atoms with van der Waals surface area (Å²) in [5, 5.41) is 6.06. The SMILES string of the molecule is CC(C)(C)OC(=O)NCCCC(=O)c1ccc(NC2CCCC2)nc1. The van der Waals surface area contributed by atoms with Crippen LogP contribution in [0.3, 0.4) is 0 Å². The highest BCUT2D eigenvalue weighted by Crippen LogP contribution is 2.21. The molecule has 25 heavy (non-hydrogen) atoms. The van der Waals surface area contributed by atoms with Crippen molar-refractivity contribution < 1.29 is 14.3 Å². The van der Waals surface area contributed by atoms with Gasteiger partial charge in [0, 0.05) is 30.8 Å². The molecular formula is C19H29N3O3. The number of alkyl carbamates (subject to hydrolysis) is 1. The van der Waals surface area contributed by atoms with Gasteiger partial charge in [0.2, 0.25) is 0 Å². The van der Waals surface area contributed by atoms with Crippen molar-refractivity contribution in [3.63, 3.8) is 0 Å². The Morgan fingerprint density at radius 3 is 2.56 bits per heavy atom. The molecule has 1 aromatic heterocycles. The van der Waals surface area contributed by atoms with E-state index in [9.17, 15) is 9.59 Å². The second-order valence-corrected chi connectivity index (χ2v) is 7.51. The van der Waals surface area contributed by atoms with Gasteiger partial charge in [-0.3, -0.25) is 4.79 Å². The van der Waals surface area contributed by atoms with Gasteiger partial charge in [-0.15, -0.1) is 0 Å². The molecule has 0 aliphatic heterocycles. The molecule has 1 heterocycles. The number of nitrogens with zero attached hydrogens (tertiary/aromatic N) is 1. The topological polar surface area (TPSA) is 80.3 Å². The van der Waals surface area contributed by atoms with E-state index in [0.717, 1.165) is 5.82 Å². The summed E-state index contributed by atoms with van der Waals surface area (Å²) in [6.07, 6.45) is 7.02. The van der Waals surface area contributed by atoms with Crippen LogP contribution in [0.5, 0.6) is 0 Å². The normalized spacial score (nSPS) is 15.0. The third-order valence-electron chi connectivity index (χ3n) is 4.04. The number of aromatic nitrogens is 1. The molecule has 1 fully saturated rings. The van der Waals surface area contributed by atoms with E-state index in [-0.39, 0.29) is 5.78 Å². The van der Waals surface area contributed by atoms with Gasteiger partial charge in [0.1, 0.15) is 11.4 Å². The van der Waals surface area contributed by atoms with Crippen molar-refractivity contribution in [1.29, 1.82) is 0 Å². The Morgan fingerprint density at radius 1 is 1.24 bits per heavy atom. The number of nitrogens with one attached hydrogen (secondary N) is 2. The lowest BCUT2D eigenvalue weighted by Gasteiger charge is -2.19. The molecule has 2 N–H and O–H groups in total. The van der Waals surface area contributed by atoms with Crippen LogP contribution in [0.2, 0.25) is 0 Å². The van der Waals surface area contributed by atoms with Gasteiger partial charge in [0.05, 0.1) is 0 Å². The quantitative estimate of drug-likeness (QED) is 0.577. The maximum atomic E-state index is 12.2. The molecule has 0 radical (unpaired) electrons. The molecule has 1 aliphatic carbocycles. The van der Waals surface area contributed by atoms with E-state index in [1.165, 1.54) is 25.7 Å². The Kier molecular flexibility index (Phi) is 6.79. The predicted molar refractivity (Wildman–Crippen MR) is 97.9 cm³/mol. The van der Waals surface area contributed by atoms with E-state index < -0.39 is 11.7 Å². The minimum atomic E-state index is -0.514. The highest BCUT2D eigenvalue weighted by Gasteiger charge is 2.16. The fraction of sp³-hybridized carbons (Fsp3) is 0.632. The third kappa shape index (κ3) is 7.11. The molecule has 0 unspecified atom stereocenters. The first-order valence-electron chi connectivity index (χ1n) is 9.06. The van der Waals surface area contributed by atoms with Crippen molar-refractivity contribution >= 4 is 17.7 Å². The van der Waals surface area contributed by atoms with Crippen LogP contribution in [0.15, 0.2) is 18.3 Å². The second-order valence-electron chi connectivity index (χ2n) is 7.51. The average Bonchev–Trinajstić information content (AvgIpc) is 3.03. The molecule has 1 aromatic rings. The molecule has 0 saturated heterocycles. The summed E-state index contributed by atoms with van der Waals surface area (Å²) >= 11 is 0. The van der Waals surface area contributed by atoms with Crippen LogP contribution in [0.4, 0.5) is 10.6 Å². The summed E-state index contributed by atoms with van der Waals surface area (Å²) in [4.78, 5) is 28.0. The van der Waals surface area contributed by atoms with Crippen LogP contribution >= 0.6 is 0 Å². The Bertz CT molecular complexity index is 573. The molecule has 6 heteroatoms. The number of carbonyl (C=O) groups is 2. The zero-order valence-electron chi connectivity index (χ0n) is 15.4. The maximum absolute atomic E-state index is 12.2. The number of amides is 1. The molecule has 1 amide bonds. The van der Waals surface area contributed by atoms with Gasteiger partial charge < -0.3 is 15.4 Å². The molecule has 0 atom stereocenters. The van der Waals surface area contributed by atoms with E-state index >= 15 is 0 Å². The van der Waals surface area contributed by atoms with Gasteiger partial charge in [-0.1, -0.05) is 12.8 Å². The maximum Gasteiger partial charge on any atom is 0.407 e.